The van der Waals surface area contributed by atoms with E-state index in [1.54, 1.807) is 20.8 Å². The van der Waals surface area contributed by atoms with Gasteiger partial charge in [-0.15, -0.1) is 0 Å². The molecule has 1 aliphatic heterocycles. The molecule has 2 unspecified atom stereocenters. The second kappa shape index (κ2) is 7.63. The maximum absolute atomic E-state index is 13.2. The standard InChI is InChI=1S/C17H21ClFNO6S/c1-17(2,3)26-16(22)20-9-11(8-13(20)15(21)25-4)27(23,24)14-6-5-10(19)7-12(14)18/h5-7,11,13H,8-9H2,1-4H3. The predicted octanol–water partition coefficient (Wildman–Crippen LogP) is 2.80. The molecule has 1 aliphatic rings. The van der Waals surface area contributed by atoms with Crippen molar-refractivity contribution in [3.05, 3.63) is 29.0 Å². The van der Waals surface area contributed by atoms with Crippen LogP contribution in [0.3, 0.4) is 0 Å². The van der Waals surface area contributed by atoms with Gasteiger partial charge in [0.05, 0.1) is 22.3 Å². The minimum atomic E-state index is -4.03. The third-order valence-electron chi connectivity index (χ3n) is 4.00. The highest BCUT2D eigenvalue weighted by molar-refractivity contribution is 7.92. The predicted molar refractivity (Wildman–Crippen MR) is 95.7 cm³/mol. The Morgan fingerprint density at radius 1 is 1.30 bits per heavy atom. The average Bonchev–Trinajstić information content (AvgIpc) is 2.98. The smallest absolute Gasteiger partial charge is 0.411 e. The summed E-state index contributed by atoms with van der Waals surface area (Å²) in [5.74, 6) is -1.42. The minimum Gasteiger partial charge on any atom is -0.467 e. The van der Waals surface area contributed by atoms with E-state index < -0.39 is 44.6 Å². The molecule has 1 aromatic rings. The molecule has 0 saturated carbocycles. The Bertz CT molecular complexity index is 851. The number of amides is 1. The molecule has 1 aromatic carbocycles. The SMILES string of the molecule is COC(=O)C1CC(S(=O)(=O)c2ccc(F)cc2Cl)CN1C(=O)OC(C)(C)C. The number of rotatable bonds is 3. The number of hydrogen-bond donors (Lipinski definition) is 0. The lowest BCUT2D eigenvalue weighted by atomic mass is 10.2. The van der Waals surface area contributed by atoms with Crippen LogP contribution >= 0.6 is 11.6 Å². The number of sulfone groups is 1. The Hall–Kier alpha value is -1.87. The molecule has 1 saturated heterocycles. The van der Waals surface area contributed by atoms with Crippen molar-refractivity contribution in [2.75, 3.05) is 13.7 Å². The number of halogens is 2. The van der Waals surface area contributed by atoms with E-state index in [0.717, 1.165) is 30.2 Å². The first-order chi connectivity index (χ1) is 12.4. The molecule has 27 heavy (non-hydrogen) atoms. The Kier molecular flexibility index (Phi) is 6.06. The van der Waals surface area contributed by atoms with Gasteiger partial charge < -0.3 is 9.47 Å². The van der Waals surface area contributed by atoms with Crippen LogP contribution in [0, 0.1) is 5.82 Å². The van der Waals surface area contributed by atoms with Gasteiger partial charge in [-0.25, -0.2) is 22.4 Å². The summed E-state index contributed by atoms with van der Waals surface area (Å²) in [6, 6.07) is 1.84. The number of ether oxygens (including phenoxy) is 2. The third-order valence-corrected chi connectivity index (χ3v) is 6.62. The number of likely N-dealkylation sites (tertiary alicyclic amines) is 1. The van der Waals surface area contributed by atoms with E-state index in [-0.39, 0.29) is 22.9 Å². The van der Waals surface area contributed by atoms with Crippen molar-refractivity contribution >= 4 is 33.5 Å². The highest BCUT2D eigenvalue weighted by Gasteiger charge is 2.47. The van der Waals surface area contributed by atoms with Crippen molar-refractivity contribution in [2.45, 2.75) is 49.0 Å². The number of methoxy groups -OCH3 is 1. The van der Waals surface area contributed by atoms with Crippen LogP contribution in [-0.2, 0) is 24.1 Å². The number of benzene rings is 1. The molecule has 2 rings (SSSR count). The summed E-state index contributed by atoms with van der Waals surface area (Å²) in [7, 11) is -2.88. The van der Waals surface area contributed by atoms with Gasteiger partial charge in [0.15, 0.2) is 9.84 Å². The second-order valence-corrected chi connectivity index (χ2v) is 9.75. The molecule has 0 N–H and O–H groups in total. The van der Waals surface area contributed by atoms with Gasteiger partial charge >= 0.3 is 12.1 Å². The van der Waals surface area contributed by atoms with Crippen molar-refractivity contribution in [3.63, 3.8) is 0 Å². The summed E-state index contributed by atoms with van der Waals surface area (Å²) in [5, 5.41) is -1.38. The lowest BCUT2D eigenvalue weighted by molar-refractivity contribution is -0.145. The topological polar surface area (TPSA) is 90.0 Å². The molecule has 0 spiro atoms. The van der Waals surface area contributed by atoms with Crippen LogP contribution in [0.1, 0.15) is 27.2 Å². The Morgan fingerprint density at radius 3 is 2.44 bits per heavy atom. The molecule has 1 heterocycles. The Morgan fingerprint density at radius 2 is 1.93 bits per heavy atom. The van der Waals surface area contributed by atoms with E-state index in [4.69, 9.17) is 21.1 Å². The van der Waals surface area contributed by atoms with Gasteiger partial charge in [-0.3, -0.25) is 4.90 Å². The first kappa shape index (κ1) is 21.4. The van der Waals surface area contributed by atoms with E-state index in [1.807, 2.05) is 0 Å². The Balaban J connectivity index is 2.36. The van der Waals surface area contributed by atoms with Crippen LogP contribution in [0.2, 0.25) is 5.02 Å². The molecule has 1 fully saturated rings. The zero-order valence-corrected chi connectivity index (χ0v) is 16.9. The van der Waals surface area contributed by atoms with Crippen LogP contribution in [0.25, 0.3) is 0 Å². The maximum atomic E-state index is 13.2. The van der Waals surface area contributed by atoms with Gasteiger partial charge in [0.25, 0.3) is 0 Å². The molecule has 0 aliphatic carbocycles. The summed E-state index contributed by atoms with van der Waals surface area (Å²) in [4.78, 5) is 25.3. The van der Waals surface area contributed by atoms with Gasteiger partial charge in [0.1, 0.15) is 17.5 Å². The molecule has 1 amide bonds. The third kappa shape index (κ3) is 4.70. The monoisotopic (exact) mass is 421 g/mol. The van der Waals surface area contributed by atoms with Crippen molar-refractivity contribution < 1.29 is 31.9 Å². The normalized spacial score (nSPS) is 20.4. The number of carbonyl (C=O) groups is 2. The van der Waals surface area contributed by atoms with Crippen LogP contribution in [0.15, 0.2) is 23.1 Å². The Labute approximate surface area is 162 Å². The van der Waals surface area contributed by atoms with E-state index in [2.05, 4.69) is 0 Å². The first-order valence-corrected chi connectivity index (χ1v) is 10.1. The maximum Gasteiger partial charge on any atom is 0.411 e. The molecular weight excluding hydrogens is 401 g/mol. The van der Waals surface area contributed by atoms with Gasteiger partial charge in [-0.05, 0) is 45.4 Å². The molecular formula is C17H21ClFNO6S. The van der Waals surface area contributed by atoms with Crippen LogP contribution in [0.5, 0.6) is 0 Å². The molecule has 150 valence electrons. The average molecular weight is 422 g/mol. The molecule has 0 radical (unpaired) electrons. The zero-order chi connectivity index (χ0) is 20.6. The number of nitrogens with zero attached hydrogens (tertiary/aromatic N) is 1. The van der Waals surface area contributed by atoms with Crippen molar-refractivity contribution in [1.29, 1.82) is 0 Å². The van der Waals surface area contributed by atoms with Crippen LogP contribution in [0.4, 0.5) is 9.18 Å². The summed E-state index contributed by atoms with van der Waals surface area (Å²) < 4.78 is 49.1. The van der Waals surface area contributed by atoms with Crippen LogP contribution in [-0.4, -0.2) is 55.9 Å². The molecule has 10 heteroatoms. The van der Waals surface area contributed by atoms with E-state index in [1.165, 1.54) is 0 Å². The van der Waals surface area contributed by atoms with E-state index >= 15 is 0 Å². The quantitative estimate of drug-likeness (QED) is 0.550. The van der Waals surface area contributed by atoms with Crippen molar-refractivity contribution in [3.8, 4) is 0 Å². The molecule has 2 atom stereocenters. The zero-order valence-electron chi connectivity index (χ0n) is 15.4. The summed E-state index contributed by atoms with van der Waals surface area (Å²) >= 11 is 5.89. The van der Waals surface area contributed by atoms with Gasteiger partial charge in [0.2, 0.25) is 0 Å². The summed E-state index contributed by atoms with van der Waals surface area (Å²) in [5.41, 5.74) is -0.824. The highest BCUT2D eigenvalue weighted by atomic mass is 35.5. The lowest BCUT2D eigenvalue weighted by Crippen LogP contribution is -2.44. The minimum absolute atomic E-state index is 0.179. The lowest BCUT2D eigenvalue weighted by Gasteiger charge is -2.27. The second-order valence-electron chi connectivity index (χ2n) is 7.15. The van der Waals surface area contributed by atoms with Crippen LogP contribution < -0.4 is 0 Å². The number of hydrogen-bond acceptors (Lipinski definition) is 6. The van der Waals surface area contributed by atoms with Gasteiger partial charge in [-0.1, -0.05) is 11.6 Å². The number of esters is 1. The van der Waals surface area contributed by atoms with Gasteiger partial charge in [-0.2, -0.15) is 0 Å². The van der Waals surface area contributed by atoms with E-state index in [9.17, 15) is 22.4 Å². The fourth-order valence-corrected chi connectivity index (χ4v) is 5.02. The largest absolute Gasteiger partial charge is 0.467 e. The molecule has 0 bridgehead atoms. The fraction of sp³-hybridized carbons (Fsp3) is 0.529. The highest BCUT2D eigenvalue weighted by Crippen LogP contribution is 2.33. The van der Waals surface area contributed by atoms with Crippen molar-refractivity contribution in [1.82, 2.24) is 4.90 Å². The first-order valence-electron chi connectivity index (χ1n) is 8.13. The molecule has 7 nitrogen and oxygen atoms in total. The summed E-state index contributed by atoms with van der Waals surface area (Å²) in [6.45, 7) is 4.69. The van der Waals surface area contributed by atoms with Crippen molar-refractivity contribution in [2.24, 2.45) is 0 Å². The molecule has 0 aromatic heterocycles. The van der Waals surface area contributed by atoms with Gasteiger partial charge in [0, 0.05) is 6.54 Å². The fourth-order valence-electron chi connectivity index (χ4n) is 2.79. The van der Waals surface area contributed by atoms with E-state index in [0.29, 0.717) is 0 Å². The summed E-state index contributed by atoms with van der Waals surface area (Å²) in [6.07, 6.45) is -0.997. The number of carbonyl (C=O) groups excluding carboxylic acids is 2.